The number of halogens is 2. The van der Waals surface area contributed by atoms with Crippen molar-refractivity contribution < 1.29 is 13.5 Å². The van der Waals surface area contributed by atoms with Gasteiger partial charge in [-0.05, 0) is 24.8 Å². The summed E-state index contributed by atoms with van der Waals surface area (Å²) in [5, 5.41) is 3.67. The Morgan fingerprint density at radius 3 is 2.90 bits per heavy atom. The summed E-state index contributed by atoms with van der Waals surface area (Å²) in [5.41, 5.74) is 0.390. The third kappa shape index (κ3) is 2.70. The summed E-state index contributed by atoms with van der Waals surface area (Å²) < 4.78 is 31.9. The molecule has 0 amide bonds. The molecule has 1 aromatic carbocycles. The van der Waals surface area contributed by atoms with Crippen molar-refractivity contribution in [1.82, 2.24) is 9.97 Å². The minimum absolute atomic E-state index is 0.390. The summed E-state index contributed by atoms with van der Waals surface area (Å²) in [4.78, 5) is 8.07. The number of nitrogens with zero attached hydrogens (tertiary/aromatic N) is 2. The molecule has 0 saturated carbocycles. The maximum atomic E-state index is 13.3. The molecule has 1 saturated heterocycles. The van der Waals surface area contributed by atoms with E-state index >= 15 is 0 Å². The number of anilines is 1. The van der Waals surface area contributed by atoms with Crippen LogP contribution in [0.25, 0.3) is 10.9 Å². The Kier molecular flexibility index (Phi) is 3.73. The average Bonchev–Trinajstić information content (AvgIpc) is 2.47. The number of rotatable bonds is 3. The average molecular weight is 279 g/mol. The first-order chi connectivity index (χ1) is 9.74. The van der Waals surface area contributed by atoms with Crippen LogP contribution in [-0.2, 0) is 4.74 Å². The van der Waals surface area contributed by atoms with E-state index in [1.807, 2.05) is 0 Å². The Morgan fingerprint density at radius 2 is 2.10 bits per heavy atom. The van der Waals surface area contributed by atoms with Crippen molar-refractivity contribution in [3.8, 4) is 0 Å². The minimum Gasteiger partial charge on any atom is -0.381 e. The smallest absolute Gasteiger partial charge is 0.161 e. The van der Waals surface area contributed by atoms with Crippen molar-refractivity contribution in [3.05, 3.63) is 30.1 Å². The lowest BCUT2D eigenvalue weighted by atomic mass is 10.0. The van der Waals surface area contributed by atoms with E-state index in [-0.39, 0.29) is 0 Å². The molecule has 4 nitrogen and oxygen atoms in total. The zero-order chi connectivity index (χ0) is 13.9. The number of fused-ring (bicyclic) bond motifs is 1. The molecule has 0 bridgehead atoms. The molecule has 1 N–H and O–H groups in total. The van der Waals surface area contributed by atoms with Crippen LogP contribution in [0.1, 0.15) is 12.8 Å². The van der Waals surface area contributed by atoms with Crippen LogP contribution in [0.2, 0.25) is 0 Å². The van der Waals surface area contributed by atoms with E-state index in [1.54, 1.807) is 0 Å². The Morgan fingerprint density at radius 1 is 1.25 bits per heavy atom. The number of hydrogen-bond donors (Lipinski definition) is 1. The van der Waals surface area contributed by atoms with Gasteiger partial charge >= 0.3 is 0 Å². The number of aromatic nitrogens is 2. The zero-order valence-electron chi connectivity index (χ0n) is 10.9. The highest BCUT2D eigenvalue weighted by Gasteiger charge is 2.15. The molecule has 1 aliphatic rings. The van der Waals surface area contributed by atoms with Crippen LogP contribution in [0, 0.1) is 17.6 Å². The maximum absolute atomic E-state index is 13.3. The number of hydrogen-bond acceptors (Lipinski definition) is 4. The second-order valence-corrected chi connectivity index (χ2v) is 4.97. The van der Waals surface area contributed by atoms with E-state index in [0.29, 0.717) is 29.2 Å². The fraction of sp³-hybridized carbons (Fsp3) is 0.429. The number of benzene rings is 1. The normalized spacial score (nSPS) is 19.2. The van der Waals surface area contributed by atoms with Crippen LogP contribution in [0.4, 0.5) is 14.6 Å². The largest absolute Gasteiger partial charge is 0.381 e. The van der Waals surface area contributed by atoms with Gasteiger partial charge in [-0.1, -0.05) is 0 Å². The van der Waals surface area contributed by atoms with Gasteiger partial charge < -0.3 is 10.1 Å². The summed E-state index contributed by atoms with van der Waals surface area (Å²) >= 11 is 0. The zero-order valence-corrected chi connectivity index (χ0v) is 10.9. The van der Waals surface area contributed by atoms with Gasteiger partial charge in [-0.25, -0.2) is 18.7 Å². The lowest BCUT2D eigenvalue weighted by molar-refractivity contribution is 0.0595. The Bertz CT molecular complexity index is 615. The van der Waals surface area contributed by atoms with Crippen LogP contribution >= 0.6 is 0 Å². The summed E-state index contributed by atoms with van der Waals surface area (Å²) in [6, 6.07) is 2.21. The standard InChI is InChI=1S/C14H15F2N3O/c15-11-4-10-13(5-12(11)16)18-8-19-14(10)17-6-9-2-1-3-20-7-9/h4-5,8-9H,1-3,6-7H2,(H,17,18,19)/t9-/m1/s1. The highest BCUT2D eigenvalue weighted by Crippen LogP contribution is 2.23. The Hall–Kier alpha value is -1.82. The van der Waals surface area contributed by atoms with Gasteiger partial charge in [-0.15, -0.1) is 0 Å². The number of nitrogens with one attached hydrogen (secondary N) is 1. The molecule has 0 unspecified atom stereocenters. The van der Waals surface area contributed by atoms with Gasteiger partial charge in [-0.3, -0.25) is 0 Å². The monoisotopic (exact) mass is 279 g/mol. The van der Waals surface area contributed by atoms with Crippen molar-refractivity contribution in [3.63, 3.8) is 0 Å². The topological polar surface area (TPSA) is 47.0 Å². The molecule has 2 heterocycles. The van der Waals surface area contributed by atoms with Crippen molar-refractivity contribution in [2.24, 2.45) is 5.92 Å². The molecule has 0 radical (unpaired) electrons. The molecular formula is C14H15F2N3O. The molecular weight excluding hydrogens is 264 g/mol. The molecule has 0 aliphatic carbocycles. The molecule has 1 aliphatic heterocycles. The van der Waals surface area contributed by atoms with E-state index in [1.165, 1.54) is 6.33 Å². The lowest BCUT2D eigenvalue weighted by Crippen LogP contribution is -2.24. The molecule has 1 atom stereocenters. The van der Waals surface area contributed by atoms with Gasteiger partial charge in [0, 0.05) is 24.6 Å². The summed E-state index contributed by atoms with van der Waals surface area (Å²) in [6.07, 6.45) is 3.50. The van der Waals surface area contributed by atoms with Crippen LogP contribution in [0.5, 0.6) is 0 Å². The molecule has 1 fully saturated rings. The van der Waals surface area contributed by atoms with E-state index < -0.39 is 11.6 Å². The molecule has 3 rings (SSSR count). The van der Waals surface area contributed by atoms with Crippen molar-refractivity contribution in [1.29, 1.82) is 0 Å². The van der Waals surface area contributed by atoms with Gasteiger partial charge in [0.05, 0.1) is 12.1 Å². The highest BCUT2D eigenvalue weighted by molar-refractivity contribution is 5.88. The first-order valence-electron chi connectivity index (χ1n) is 6.65. The molecule has 1 aromatic heterocycles. The third-order valence-electron chi connectivity index (χ3n) is 3.49. The van der Waals surface area contributed by atoms with Crippen molar-refractivity contribution in [2.75, 3.05) is 25.1 Å². The van der Waals surface area contributed by atoms with E-state index in [0.717, 1.165) is 38.2 Å². The van der Waals surface area contributed by atoms with E-state index in [2.05, 4.69) is 15.3 Å². The molecule has 106 valence electrons. The van der Waals surface area contributed by atoms with Crippen molar-refractivity contribution >= 4 is 16.7 Å². The molecule has 0 spiro atoms. The predicted molar refractivity (Wildman–Crippen MR) is 71.5 cm³/mol. The van der Waals surface area contributed by atoms with Crippen molar-refractivity contribution in [2.45, 2.75) is 12.8 Å². The number of ether oxygens (including phenoxy) is 1. The predicted octanol–water partition coefficient (Wildman–Crippen LogP) is 2.75. The molecule has 6 heteroatoms. The lowest BCUT2D eigenvalue weighted by Gasteiger charge is -2.22. The fourth-order valence-corrected chi connectivity index (χ4v) is 2.40. The van der Waals surface area contributed by atoms with Gasteiger partial charge in [0.1, 0.15) is 12.1 Å². The first-order valence-corrected chi connectivity index (χ1v) is 6.65. The van der Waals surface area contributed by atoms with Crippen LogP contribution < -0.4 is 5.32 Å². The second kappa shape index (κ2) is 5.66. The van der Waals surface area contributed by atoms with Gasteiger partial charge in [0.15, 0.2) is 11.6 Å². The highest BCUT2D eigenvalue weighted by atomic mass is 19.2. The summed E-state index contributed by atoms with van der Waals surface area (Å²) in [7, 11) is 0. The minimum atomic E-state index is -0.900. The SMILES string of the molecule is Fc1cc2ncnc(NC[C@H]3CCCOC3)c2cc1F. The summed E-state index contributed by atoms with van der Waals surface area (Å²) in [6.45, 7) is 2.24. The van der Waals surface area contributed by atoms with Crippen LogP contribution in [0.15, 0.2) is 18.5 Å². The van der Waals surface area contributed by atoms with E-state index in [4.69, 9.17) is 4.74 Å². The third-order valence-corrected chi connectivity index (χ3v) is 3.49. The first kappa shape index (κ1) is 13.2. The second-order valence-electron chi connectivity index (χ2n) is 4.97. The quantitative estimate of drug-likeness (QED) is 0.938. The summed E-state index contributed by atoms with van der Waals surface area (Å²) in [5.74, 6) is -0.849. The fourth-order valence-electron chi connectivity index (χ4n) is 2.40. The Labute approximate surface area is 115 Å². The molecule has 20 heavy (non-hydrogen) atoms. The van der Waals surface area contributed by atoms with Gasteiger partial charge in [-0.2, -0.15) is 0 Å². The van der Waals surface area contributed by atoms with Gasteiger partial charge in [0.25, 0.3) is 0 Å². The van der Waals surface area contributed by atoms with Crippen LogP contribution in [-0.4, -0.2) is 29.7 Å². The van der Waals surface area contributed by atoms with Crippen LogP contribution in [0.3, 0.4) is 0 Å². The van der Waals surface area contributed by atoms with E-state index in [9.17, 15) is 8.78 Å². The molecule has 2 aromatic rings. The Balaban J connectivity index is 1.81. The maximum Gasteiger partial charge on any atom is 0.161 e. The van der Waals surface area contributed by atoms with Gasteiger partial charge in [0.2, 0.25) is 0 Å².